The third kappa shape index (κ3) is 5.32. The highest BCUT2D eigenvalue weighted by molar-refractivity contribution is 7.90. The summed E-state index contributed by atoms with van der Waals surface area (Å²) in [7, 11) is -3.27. The Hall–Kier alpha value is -2.93. The van der Waals surface area contributed by atoms with Crippen molar-refractivity contribution < 1.29 is 22.4 Å². The molecule has 152 valence electrons. The summed E-state index contributed by atoms with van der Waals surface area (Å²) in [5, 5.41) is 0. The first-order chi connectivity index (χ1) is 13.9. The molecule has 3 rings (SSSR count). The molecule has 0 amide bonds. The van der Waals surface area contributed by atoms with E-state index >= 15 is 0 Å². The summed E-state index contributed by atoms with van der Waals surface area (Å²) in [6.07, 6.45) is 2.54. The van der Waals surface area contributed by atoms with Crippen molar-refractivity contribution in [1.82, 2.24) is 4.98 Å². The number of nitrogens with zero attached hydrogens (tertiary/aromatic N) is 1. The molecule has 2 aromatic carbocycles. The normalized spacial score (nSPS) is 11.4. The quantitative estimate of drug-likeness (QED) is 0.512. The van der Waals surface area contributed by atoms with E-state index in [1.165, 1.54) is 6.26 Å². The maximum absolute atomic E-state index is 11.7. The topological polar surface area (TPSA) is 86.5 Å². The summed E-state index contributed by atoms with van der Waals surface area (Å²) in [6, 6.07) is 16.2. The van der Waals surface area contributed by atoms with E-state index in [9.17, 15) is 13.2 Å². The Morgan fingerprint density at radius 3 is 2.34 bits per heavy atom. The fraction of sp³-hybridized carbons (Fsp3) is 0.273. The summed E-state index contributed by atoms with van der Waals surface area (Å²) >= 11 is 0. The SMILES string of the molecule is CCOC(=O)CCCc1nc(-c2ccccc2)c(-c2ccc(S(C)(=O)=O)cc2)o1. The van der Waals surface area contributed by atoms with Gasteiger partial charge in [0.25, 0.3) is 0 Å². The molecule has 0 saturated heterocycles. The van der Waals surface area contributed by atoms with E-state index in [0.717, 1.165) is 11.1 Å². The number of oxazole rings is 1. The van der Waals surface area contributed by atoms with Gasteiger partial charge >= 0.3 is 5.97 Å². The highest BCUT2D eigenvalue weighted by atomic mass is 32.2. The molecule has 0 aliphatic rings. The average molecular weight is 413 g/mol. The third-order valence-corrected chi connectivity index (χ3v) is 5.47. The van der Waals surface area contributed by atoms with Crippen LogP contribution in [-0.4, -0.2) is 32.2 Å². The molecule has 0 atom stereocenters. The van der Waals surface area contributed by atoms with Crippen LogP contribution in [0.25, 0.3) is 22.6 Å². The summed E-state index contributed by atoms with van der Waals surface area (Å²) in [6.45, 7) is 2.14. The molecular weight excluding hydrogens is 390 g/mol. The maximum Gasteiger partial charge on any atom is 0.305 e. The van der Waals surface area contributed by atoms with Crippen molar-refractivity contribution >= 4 is 15.8 Å². The molecule has 1 aromatic heterocycles. The maximum atomic E-state index is 11.7. The number of sulfone groups is 1. The van der Waals surface area contributed by atoms with E-state index in [4.69, 9.17) is 9.15 Å². The lowest BCUT2D eigenvalue weighted by atomic mass is 10.1. The predicted molar refractivity (Wildman–Crippen MR) is 110 cm³/mol. The van der Waals surface area contributed by atoms with Gasteiger partial charge in [0, 0.05) is 30.2 Å². The van der Waals surface area contributed by atoms with Gasteiger partial charge in [-0.15, -0.1) is 0 Å². The van der Waals surface area contributed by atoms with Crippen molar-refractivity contribution in [3.05, 3.63) is 60.5 Å². The lowest BCUT2D eigenvalue weighted by molar-refractivity contribution is -0.143. The molecule has 0 unspecified atom stereocenters. The van der Waals surface area contributed by atoms with E-state index in [1.807, 2.05) is 30.3 Å². The first-order valence-electron chi connectivity index (χ1n) is 9.39. The molecule has 0 bridgehead atoms. The number of hydrogen-bond donors (Lipinski definition) is 0. The number of carbonyl (C=O) groups excluding carboxylic acids is 1. The van der Waals surface area contributed by atoms with Gasteiger partial charge in [-0.25, -0.2) is 13.4 Å². The van der Waals surface area contributed by atoms with Crippen molar-refractivity contribution in [2.45, 2.75) is 31.1 Å². The summed E-state index contributed by atoms with van der Waals surface area (Å²) in [4.78, 5) is 16.4. The van der Waals surface area contributed by atoms with Crippen LogP contribution in [0, 0.1) is 0 Å². The highest BCUT2D eigenvalue weighted by Crippen LogP contribution is 2.33. The molecule has 6 nitrogen and oxygen atoms in total. The minimum atomic E-state index is -3.27. The second kappa shape index (κ2) is 9.05. The standard InChI is InChI=1S/C22H23NO5S/c1-3-27-20(24)11-7-10-19-23-21(16-8-5-4-6-9-16)22(28-19)17-12-14-18(15-13-17)29(2,25)26/h4-6,8-9,12-15H,3,7,10-11H2,1-2H3. The van der Waals surface area contributed by atoms with Crippen LogP contribution in [0.2, 0.25) is 0 Å². The molecular formula is C22H23NO5S. The number of carbonyl (C=O) groups is 1. The van der Waals surface area contributed by atoms with Crippen LogP contribution in [-0.2, 0) is 25.8 Å². The zero-order valence-corrected chi connectivity index (χ0v) is 17.2. The molecule has 29 heavy (non-hydrogen) atoms. The molecule has 3 aromatic rings. The number of esters is 1. The fourth-order valence-electron chi connectivity index (χ4n) is 2.93. The molecule has 7 heteroatoms. The number of aromatic nitrogens is 1. The van der Waals surface area contributed by atoms with Crippen molar-refractivity contribution in [2.24, 2.45) is 0 Å². The lowest BCUT2D eigenvalue weighted by Crippen LogP contribution is -2.04. The van der Waals surface area contributed by atoms with Crippen molar-refractivity contribution in [1.29, 1.82) is 0 Å². The van der Waals surface area contributed by atoms with Crippen molar-refractivity contribution in [2.75, 3.05) is 12.9 Å². The largest absolute Gasteiger partial charge is 0.466 e. The highest BCUT2D eigenvalue weighted by Gasteiger charge is 2.18. The summed E-state index contributed by atoms with van der Waals surface area (Å²) < 4.78 is 34.4. The van der Waals surface area contributed by atoms with Gasteiger partial charge in [0.05, 0.1) is 11.5 Å². The number of ether oxygens (including phenoxy) is 1. The second-order valence-corrected chi connectivity index (χ2v) is 8.62. The van der Waals surface area contributed by atoms with E-state index in [-0.39, 0.29) is 10.9 Å². The van der Waals surface area contributed by atoms with Crippen LogP contribution in [0.15, 0.2) is 63.9 Å². The van der Waals surface area contributed by atoms with Gasteiger partial charge in [-0.2, -0.15) is 0 Å². The first-order valence-corrected chi connectivity index (χ1v) is 11.3. The van der Waals surface area contributed by atoms with Crippen LogP contribution in [0.1, 0.15) is 25.7 Å². The van der Waals surface area contributed by atoms with E-state index in [0.29, 0.717) is 43.2 Å². The van der Waals surface area contributed by atoms with E-state index < -0.39 is 9.84 Å². The second-order valence-electron chi connectivity index (χ2n) is 6.61. The lowest BCUT2D eigenvalue weighted by Gasteiger charge is -2.03. The van der Waals surface area contributed by atoms with Crippen LogP contribution in [0.5, 0.6) is 0 Å². The van der Waals surface area contributed by atoms with Gasteiger partial charge < -0.3 is 9.15 Å². The average Bonchev–Trinajstić information content (AvgIpc) is 3.12. The molecule has 0 aliphatic carbocycles. The van der Waals surface area contributed by atoms with E-state index in [1.54, 1.807) is 31.2 Å². The van der Waals surface area contributed by atoms with Crippen LogP contribution in [0.4, 0.5) is 0 Å². The number of aryl methyl sites for hydroxylation is 1. The molecule has 0 aliphatic heterocycles. The molecule has 0 fully saturated rings. The van der Waals surface area contributed by atoms with Crippen LogP contribution >= 0.6 is 0 Å². The molecule has 0 N–H and O–H groups in total. The summed E-state index contributed by atoms with van der Waals surface area (Å²) in [5.74, 6) is 0.858. The molecule has 0 saturated carbocycles. The van der Waals surface area contributed by atoms with E-state index in [2.05, 4.69) is 4.98 Å². The Labute approximate surface area is 170 Å². The van der Waals surface area contributed by atoms with Gasteiger partial charge in [-0.05, 0) is 37.6 Å². The Morgan fingerprint density at radius 2 is 1.72 bits per heavy atom. The zero-order chi connectivity index (χ0) is 20.9. The monoisotopic (exact) mass is 413 g/mol. The minimum Gasteiger partial charge on any atom is -0.466 e. The molecule has 1 heterocycles. The molecule has 0 spiro atoms. The summed E-state index contributed by atoms with van der Waals surface area (Å²) in [5.41, 5.74) is 2.32. The zero-order valence-electron chi connectivity index (χ0n) is 16.4. The minimum absolute atomic E-state index is 0.237. The Balaban J connectivity index is 1.90. The Kier molecular flexibility index (Phi) is 6.49. The van der Waals surface area contributed by atoms with Crippen LogP contribution < -0.4 is 0 Å². The van der Waals surface area contributed by atoms with Gasteiger partial charge in [0.2, 0.25) is 0 Å². The van der Waals surface area contributed by atoms with Crippen molar-refractivity contribution in [3.63, 3.8) is 0 Å². The van der Waals surface area contributed by atoms with Crippen molar-refractivity contribution in [3.8, 4) is 22.6 Å². The first kappa shape index (κ1) is 20.8. The smallest absolute Gasteiger partial charge is 0.305 e. The van der Waals surface area contributed by atoms with Gasteiger partial charge in [-0.1, -0.05) is 30.3 Å². The van der Waals surface area contributed by atoms with Gasteiger partial charge in [0.15, 0.2) is 21.5 Å². The van der Waals surface area contributed by atoms with Gasteiger partial charge in [-0.3, -0.25) is 4.79 Å². The predicted octanol–water partition coefficient (Wildman–Crippen LogP) is 4.30. The van der Waals surface area contributed by atoms with Crippen LogP contribution in [0.3, 0.4) is 0 Å². The van der Waals surface area contributed by atoms with Gasteiger partial charge in [0.1, 0.15) is 5.69 Å². The number of rotatable bonds is 8. The number of benzene rings is 2. The Bertz CT molecular complexity index is 1070. The number of hydrogen-bond acceptors (Lipinski definition) is 6. The fourth-order valence-corrected chi connectivity index (χ4v) is 3.56. The Morgan fingerprint density at radius 1 is 1.03 bits per heavy atom. The molecule has 0 radical (unpaired) electrons. The third-order valence-electron chi connectivity index (χ3n) is 4.34.